The Bertz CT molecular complexity index is 434. The van der Waals surface area contributed by atoms with Crippen molar-refractivity contribution in [3.8, 4) is 0 Å². The predicted octanol–water partition coefficient (Wildman–Crippen LogP) is 1.66. The van der Waals surface area contributed by atoms with Crippen molar-refractivity contribution in [2.45, 2.75) is 38.9 Å². The van der Waals surface area contributed by atoms with Gasteiger partial charge in [0, 0.05) is 38.6 Å². The van der Waals surface area contributed by atoms with Crippen molar-refractivity contribution in [3.05, 3.63) is 0 Å². The van der Waals surface area contributed by atoms with Crippen molar-refractivity contribution in [2.75, 3.05) is 46.3 Å². The Labute approximate surface area is 164 Å². The molecule has 6 nitrogen and oxygen atoms in total. The van der Waals surface area contributed by atoms with Crippen molar-refractivity contribution in [2.24, 2.45) is 4.99 Å². The summed E-state index contributed by atoms with van der Waals surface area (Å²) in [7, 11) is 1.43. The van der Waals surface area contributed by atoms with E-state index in [4.69, 9.17) is 0 Å². The topological polar surface area (TPSA) is 60.0 Å². The molecule has 10 heteroatoms. The maximum atomic E-state index is 12.3. The van der Waals surface area contributed by atoms with Gasteiger partial charge in [-0.2, -0.15) is 13.2 Å². The molecule has 1 amide bonds. The van der Waals surface area contributed by atoms with Crippen LogP contribution in [0, 0.1) is 0 Å². The fourth-order valence-electron chi connectivity index (χ4n) is 2.56. The van der Waals surface area contributed by atoms with Gasteiger partial charge in [0.25, 0.3) is 0 Å². The van der Waals surface area contributed by atoms with Crippen LogP contribution in [0.25, 0.3) is 0 Å². The van der Waals surface area contributed by atoms with E-state index in [1.54, 1.807) is 0 Å². The Morgan fingerprint density at radius 2 is 2.04 bits per heavy atom. The second-order valence-corrected chi connectivity index (χ2v) is 5.94. The minimum absolute atomic E-state index is 0. The molecule has 1 fully saturated rings. The summed E-state index contributed by atoms with van der Waals surface area (Å²) in [6.07, 6.45) is -2.86. The van der Waals surface area contributed by atoms with Gasteiger partial charge < -0.3 is 15.5 Å². The molecule has 1 unspecified atom stereocenters. The quantitative estimate of drug-likeness (QED) is 0.332. The summed E-state index contributed by atoms with van der Waals surface area (Å²) >= 11 is 0. The smallest absolute Gasteiger partial charge is 0.357 e. The largest absolute Gasteiger partial charge is 0.401 e. The molecule has 148 valence electrons. The highest BCUT2D eigenvalue weighted by Crippen LogP contribution is 2.15. The third kappa shape index (κ3) is 10.1. The molecule has 1 aliphatic rings. The number of likely N-dealkylation sites (N-methyl/N-ethyl adjacent to an activating group) is 1. The summed E-state index contributed by atoms with van der Waals surface area (Å²) in [5.41, 5.74) is 0. The number of carbonyl (C=O) groups is 1. The molecular formula is C15H29F3IN5O. The van der Waals surface area contributed by atoms with E-state index in [0.717, 1.165) is 13.0 Å². The summed E-state index contributed by atoms with van der Waals surface area (Å²) in [4.78, 5) is 19.0. The number of halogens is 4. The minimum Gasteiger partial charge on any atom is -0.357 e. The highest BCUT2D eigenvalue weighted by Gasteiger charge is 2.29. The van der Waals surface area contributed by atoms with E-state index >= 15 is 0 Å². The summed E-state index contributed by atoms with van der Waals surface area (Å²) in [6.45, 7) is 5.33. The molecule has 25 heavy (non-hydrogen) atoms. The molecule has 0 aromatic carbocycles. The van der Waals surface area contributed by atoms with E-state index in [1.165, 1.54) is 11.9 Å². The van der Waals surface area contributed by atoms with Crippen LogP contribution in [0.1, 0.15) is 26.7 Å². The molecule has 0 aromatic heterocycles. The zero-order chi connectivity index (χ0) is 18.2. The summed E-state index contributed by atoms with van der Waals surface area (Å²) < 4.78 is 36.8. The first-order chi connectivity index (χ1) is 11.2. The van der Waals surface area contributed by atoms with Crippen LogP contribution in [0.15, 0.2) is 4.99 Å². The molecule has 0 spiro atoms. The normalized spacial score (nSPS) is 18.3. The van der Waals surface area contributed by atoms with E-state index in [1.807, 2.05) is 18.7 Å². The number of amides is 1. The molecule has 1 rings (SSSR count). The van der Waals surface area contributed by atoms with Crippen LogP contribution < -0.4 is 10.6 Å². The number of rotatable bonds is 7. The Hall–Kier alpha value is -0.780. The van der Waals surface area contributed by atoms with Gasteiger partial charge in [-0.25, -0.2) is 0 Å². The van der Waals surface area contributed by atoms with Crippen molar-refractivity contribution < 1.29 is 18.0 Å². The van der Waals surface area contributed by atoms with Gasteiger partial charge in [0.1, 0.15) is 0 Å². The molecule has 0 aromatic rings. The molecular weight excluding hydrogens is 450 g/mol. The third-order valence-corrected chi connectivity index (χ3v) is 3.73. The number of aliphatic imine (C=N–C) groups is 1. The van der Waals surface area contributed by atoms with Crippen LogP contribution in [0.5, 0.6) is 0 Å². The van der Waals surface area contributed by atoms with E-state index in [2.05, 4.69) is 15.6 Å². The van der Waals surface area contributed by atoms with Crippen LogP contribution in [0.3, 0.4) is 0 Å². The predicted molar refractivity (Wildman–Crippen MR) is 103 cm³/mol. The fourth-order valence-corrected chi connectivity index (χ4v) is 2.56. The second kappa shape index (κ2) is 11.8. The maximum absolute atomic E-state index is 12.3. The van der Waals surface area contributed by atoms with E-state index < -0.39 is 12.7 Å². The number of likely N-dealkylation sites (tertiary alicyclic amines) is 1. The maximum Gasteiger partial charge on any atom is 0.401 e. The highest BCUT2D eigenvalue weighted by molar-refractivity contribution is 14.0. The summed E-state index contributed by atoms with van der Waals surface area (Å²) in [5.74, 6) is 0.712. The van der Waals surface area contributed by atoms with Crippen molar-refractivity contribution >= 4 is 35.8 Å². The Balaban J connectivity index is 0.00000576. The fraction of sp³-hybridized carbons (Fsp3) is 0.867. The number of carbonyl (C=O) groups excluding carboxylic acids is 1. The minimum atomic E-state index is -4.19. The first-order valence-corrected chi connectivity index (χ1v) is 8.33. The molecule has 1 heterocycles. The van der Waals surface area contributed by atoms with E-state index in [0.29, 0.717) is 25.5 Å². The van der Waals surface area contributed by atoms with Crippen LogP contribution in [0.4, 0.5) is 13.2 Å². The number of guanidine groups is 1. The molecule has 1 atom stereocenters. The van der Waals surface area contributed by atoms with Gasteiger partial charge in [-0.05, 0) is 20.4 Å². The van der Waals surface area contributed by atoms with Gasteiger partial charge >= 0.3 is 6.18 Å². The molecule has 0 bridgehead atoms. The first-order valence-electron chi connectivity index (χ1n) is 8.33. The van der Waals surface area contributed by atoms with Crippen LogP contribution in [-0.2, 0) is 4.79 Å². The Kier molecular flexibility index (Phi) is 11.4. The van der Waals surface area contributed by atoms with E-state index in [9.17, 15) is 18.0 Å². The standard InChI is InChI=1S/C15H28F3N5O.HI/c1-4-13(24)23-8-6-12(10-23)21-14(19-5-2)20-7-9-22(3)11-15(16,17)18;/h12H,4-11H2,1-3H3,(H2,19,20,21);1H. The number of alkyl halides is 3. The number of nitrogens with zero attached hydrogens (tertiary/aromatic N) is 3. The number of hydrogen-bond acceptors (Lipinski definition) is 3. The summed E-state index contributed by atoms with van der Waals surface area (Å²) in [6, 6.07) is 0.117. The Morgan fingerprint density at radius 1 is 1.36 bits per heavy atom. The second-order valence-electron chi connectivity index (χ2n) is 5.94. The lowest BCUT2D eigenvalue weighted by Gasteiger charge is -2.20. The monoisotopic (exact) mass is 479 g/mol. The molecule has 0 aliphatic carbocycles. The van der Waals surface area contributed by atoms with Gasteiger partial charge in [0.05, 0.1) is 13.1 Å². The van der Waals surface area contributed by atoms with Gasteiger partial charge in [-0.15, -0.1) is 24.0 Å². The van der Waals surface area contributed by atoms with Gasteiger partial charge in [-0.3, -0.25) is 14.7 Å². The first kappa shape index (κ1) is 24.2. The number of hydrogen-bond donors (Lipinski definition) is 2. The lowest BCUT2D eigenvalue weighted by atomic mass is 10.3. The molecule has 2 N–H and O–H groups in total. The zero-order valence-electron chi connectivity index (χ0n) is 15.0. The lowest BCUT2D eigenvalue weighted by molar-refractivity contribution is -0.142. The van der Waals surface area contributed by atoms with Gasteiger partial charge in [0.2, 0.25) is 5.91 Å². The van der Waals surface area contributed by atoms with Crippen molar-refractivity contribution in [3.63, 3.8) is 0 Å². The SMILES string of the molecule is CCNC(=NCCN(C)CC(F)(F)F)NC1CCN(C(=O)CC)C1.I. The summed E-state index contributed by atoms with van der Waals surface area (Å²) in [5, 5.41) is 6.34. The Morgan fingerprint density at radius 3 is 2.60 bits per heavy atom. The lowest BCUT2D eigenvalue weighted by Crippen LogP contribution is -2.45. The number of nitrogens with one attached hydrogen (secondary N) is 2. The average molecular weight is 479 g/mol. The van der Waals surface area contributed by atoms with Crippen molar-refractivity contribution in [1.82, 2.24) is 20.4 Å². The van der Waals surface area contributed by atoms with Crippen molar-refractivity contribution in [1.29, 1.82) is 0 Å². The average Bonchev–Trinajstić information content (AvgIpc) is 2.93. The van der Waals surface area contributed by atoms with Crippen LogP contribution in [-0.4, -0.2) is 80.2 Å². The zero-order valence-corrected chi connectivity index (χ0v) is 17.4. The van der Waals surface area contributed by atoms with Gasteiger partial charge in [0.15, 0.2) is 5.96 Å². The van der Waals surface area contributed by atoms with Crippen LogP contribution >= 0.6 is 24.0 Å². The van der Waals surface area contributed by atoms with Crippen LogP contribution in [0.2, 0.25) is 0 Å². The molecule has 0 saturated carbocycles. The third-order valence-electron chi connectivity index (χ3n) is 3.73. The molecule has 1 saturated heterocycles. The molecule has 0 radical (unpaired) electrons. The van der Waals surface area contributed by atoms with E-state index in [-0.39, 0.29) is 49.0 Å². The molecule has 1 aliphatic heterocycles. The van der Waals surface area contributed by atoms with Gasteiger partial charge in [-0.1, -0.05) is 6.92 Å². The highest BCUT2D eigenvalue weighted by atomic mass is 127.